The van der Waals surface area contributed by atoms with E-state index in [1.165, 1.54) is 5.56 Å². The number of fused-ring (bicyclic) bond motifs is 1. The lowest BCUT2D eigenvalue weighted by atomic mass is 10.1. The molecule has 0 saturated heterocycles. The second kappa shape index (κ2) is 4.18. The van der Waals surface area contributed by atoms with Gasteiger partial charge in [-0.05, 0) is 53.6 Å². The summed E-state index contributed by atoms with van der Waals surface area (Å²) in [5, 5.41) is 1.83. The summed E-state index contributed by atoms with van der Waals surface area (Å²) >= 11 is 12.1. The number of nitrogens with zero attached hydrogens (tertiary/aromatic N) is 1. The summed E-state index contributed by atoms with van der Waals surface area (Å²) in [6, 6.07) is 2.05. The van der Waals surface area contributed by atoms with Crippen LogP contribution in [0.15, 0.2) is 16.7 Å². The fourth-order valence-corrected chi connectivity index (χ4v) is 2.63. The van der Waals surface area contributed by atoms with Gasteiger partial charge in [0.15, 0.2) is 0 Å². The molecule has 78 valence electrons. The van der Waals surface area contributed by atoms with Crippen LogP contribution in [0.1, 0.15) is 11.1 Å². The maximum absolute atomic E-state index is 6.29. The first-order valence-corrected chi connectivity index (χ1v) is 6.66. The molecule has 0 aliphatic heterocycles. The largest absolute Gasteiger partial charge is 0.255 e. The third kappa shape index (κ3) is 1.89. The third-order valence-electron chi connectivity index (χ3n) is 2.41. The molecule has 0 amide bonds. The maximum Gasteiger partial charge on any atom is 0.0723 e. The Kier molecular flexibility index (Phi) is 3.24. The van der Waals surface area contributed by atoms with Crippen LogP contribution in [-0.2, 0) is 0 Å². The van der Waals surface area contributed by atoms with Crippen molar-refractivity contribution in [2.45, 2.75) is 13.8 Å². The Labute approximate surface area is 115 Å². The number of pyridine rings is 1. The minimum Gasteiger partial charge on any atom is -0.255 e. The van der Waals surface area contributed by atoms with Gasteiger partial charge in [0.25, 0.3) is 0 Å². The molecule has 1 aromatic carbocycles. The van der Waals surface area contributed by atoms with Crippen molar-refractivity contribution < 1.29 is 0 Å². The van der Waals surface area contributed by atoms with Crippen molar-refractivity contribution in [2.75, 3.05) is 0 Å². The van der Waals surface area contributed by atoms with Crippen molar-refractivity contribution in [3.05, 3.63) is 36.5 Å². The lowest BCUT2D eigenvalue weighted by Gasteiger charge is -2.09. The van der Waals surface area contributed by atoms with Crippen LogP contribution in [0.25, 0.3) is 10.9 Å². The van der Waals surface area contributed by atoms with E-state index in [1.807, 2.05) is 6.07 Å². The van der Waals surface area contributed by atoms with Crippen molar-refractivity contribution in [1.29, 1.82) is 0 Å². The molecule has 0 saturated carbocycles. The molecule has 2 aromatic rings. The molecule has 0 spiro atoms. The van der Waals surface area contributed by atoms with Crippen LogP contribution in [0.5, 0.6) is 0 Å². The van der Waals surface area contributed by atoms with Crippen LogP contribution < -0.4 is 0 Å². The first-order valence-electron chi connectivity index (χ1n) is 4.41. The Morgan fingerprint density at radius 2 is 2.07 bits per heavy atom. The molecule has 0 aliphatic rings. The van der Waals surface area contributed by atoms with Gasteiger partial charge in [0.1, 0.15) is 0 Å². The van der Waals surface area contributed by atoms with E-state index in [0.29, 0.717) is 0 Å². The van der Waals surface area contributed by atoms with Gasteiger partial charge < -0.3 is 0 Å². The summed E-state index contributed by atoms with van der Waals surface area (Å²) < 4.78 is 2.10. The molecule has 0 radical (unpaired) electrons. The molecular formula is C11H8BrClIN. The summed E-state index contributed by atoms with van der Waals surface area (Å²) in [6.07, 6.45) is 1.80. The molecule has 1 nitrogen and oxygen atoms in total. The van der Waals surface area contributed by atoms with Crippen LogP contribution in [0.3, 0.4) is 0 Å². The van der Waals surface area contributed by atoms with Crippen LogP contribution in [0.4, 0.5) is 0 Å². The highest BCUT2D eigenvalue weighted by Gasteiger charge is 2.11. The Hall–Kier alpha value is 0.130. The fourth-order valence-electron chi connectivity index (χ4n) is 1.62. The molecule has 0 aliphatic carbocycles. The van der Waals surface area contributed by atoms with E-state index < -0.39 is 0 Å². The Balaban J connectivity index is 3.00. The zero-order valence-electron chi connectivity index (χ0n) is 8.24. The number of aryl methyl sites for hydroxylation is 2. The van der Waals surface area contributed by atoms with Gasteiger partial charge in [-0.1, -0.05) is 27.5 Å². The minimum absolute atomic E-state index is 0.791. The second-order valence-corrected chi connectivity index (χ2v) is 5.78. The highest BCUT2D eigenvalue weighted by molar-refractivity contribution is 14.1. The molecule has 15 heavy (non-hydrogen) atoms. The predicted molar refractivity (Wildman–Crippen MR) is 76.6 cm³/mol. The molecule has 4 heteroatoms. The van der Waals surface area contributed by atoms with E-state index in [1.54, 1.807) is 6.20 Å². The summed E-state index contributed by atoms with van der Waals surface area (Å²) in [7, 11) is 0. The predicted octanol–water partition coefficient (Wildman–Crippen LogP) is 4.87. The van der Waals surface area contributed by atoms with E-state index in [4.69, 9.17) is 11.6 Å². The minimum atomic E-state index is 0.791. The van der Waals surface area contributed by atoms with E-state index in [0.717, 1.165) is 29.5 Å². The zero-order chi connectivity index (χ0) is 11.2. The van der Waals surface area contributed by atoms with Gasteiger partial charge in [0, 0.05) is 16.1 Å². The van der Waals surface area contributed by atoms with Crippen molar-refractivity contribution in [3.63, 3.8) is 0 Å². The average Bonchev–Trinajstić information content (AvgIpc) is 2.20. The van der Waals surface area contributed by atoms with Crippen molar-refractivity contribution >= 4 is 61.0 Å². The van der Waals surface area contributed by atoms with E-state index in [-0.39, 0.29) is 0 Å². The lowest BCUT2D eigenvalue weighted by Crippen LogP contribution is -1.90. The van der Waals surface area contributed by atoms with Gasteiger partial charge >= 0.3 is 0 Å². The van der Waals surface area contributed by atoms with Crippen LogP contribution in [-0.4, -0.2) is 4.98 Å². The topological polar surface area (TPSA) is 12.9 Å². The monoisotopic (exact) mass is 395 g/mol. The third-order valence-corrected chi connectivity index (χ3v) is 5.16. The van der Waals surface area contributed by atoms with E-state index >= 15 is 0 Å². The molecule has 0 N–H and O–H groups in total. The quantitative estimate of drug-likeness (QED) is 0.579. The maximum atomic E-state index is 6.29. The van der Waals surface area contributed by atoms with E-state index in [9.17, 15) is 0 Å². The van der Waals surface area contributed by atoms with Crippen LogP contribution in [0.2, 0.25) is 5.02 Å². The van der Waals surface area contributed by atoms with Gasteiger partial charge in [-0.15, -0.1) is 0 Å². The molecule has 0 fully saturated rings. The smallest absolute Gasteiger partial charge is 0.0723 e. The summed E-state index contributed by atoms with van der Waals surface area (Å²) in [6.45, 7) is 4.12. The number of hydrogen-bond acceptors (Lipinski definition) is 1. The van der Waals surface area contributed by atoms with Crippen LogP contribution >= 0.6 is 50.1 Å². The van der Waals surface area contributed by atoms with Crippen molar-refractivity contribution in [1.82, 2.24) is 4.98 Å². The standard InChI is InChI=1S/C11H8BrClIN/c1-5-3-8-9(6(2)10(5)12)11(13)7(14)4-15-8/h3-4H,1-2H3. The van der Waals surface area contributed by atoms with Gasteiger partial charge in [-0.2, -0.15) is 0 Å². The summed E-state index contributed by atoms with van der Waals surface area (Å²) in [5.74, 6) is 0. The highest BCUT2D eigenvalue weighted by atomic mass is 127. The number of aromatic nitrogens is 1. The SMILES string of the molecule is Cc1cc2ncc(I)c(Cl)c2c(C)c1Br. The second-order valence-electron chi connectivity index (χ2n) is 3.45. The lowest BCUT2D eigenvalue weighted by molar-refractivity contribution is 1.32. The normalized spacial score (nSPS) is 11.0. The molecule has 1 aromatic heterocycles. The first kappa shape index (κ1) is 11.6. The van der Waals surface area contributed by atoms with Gasteiger partial charge in [0.2, 0.25) is 0 Å². The van der Waals surface area contributed by atoms with Crippen molar-refractivity contribution in [3.8, 4) is 0 Å². The van der Waals surface area contributed by atoms with Gasteiger partial charge in [0.05, 0.1) is 14.1 Å². The van der Waals surface area contributed by atoms with Gasteiger partial charge in [-0.3, -0.25) is 4.98 Å². The number of benzene rings is 1. The summed E-state index contributed by atoms with van der Waals surface area (Å²) in [5.41, 5.74) is 3.30. The highest BCUT2D eigenvalue weighted by Crippen LogP contribution is 2.34. The fraction of sp³-hybridized carbons (Fsp3) is 0.182. The molecule has 1 heterocycles. The molecule has 2 rings (SSSR count). The molecule has 0 bridgehead atoms. The van der Waals surface area contributed by atoms with E-state index in [2.05, 4.69) is 57.4 Å². The molecule has 0 atom stereocenters. The molecular weight excluding hydrogens is 388 g/mol. The van der Waals surface area contributed by atoms with Gasteiger partial charge in [-0.25, -0.2) is 0 Å². The zero-order valence-corrected chi connectivity index (χ0v) is 12.7. The van der Waals surface area contributed by atoms with Crippen molar-refractivity contribution in [2.24, 2.45) is 0 Å². The number of halogens is 3. The summed E-state index contributed by atoms with van der Waals surface area (Å²) in [4.78, 5) is 4.39. The number of hydrogen-bond donors (Lipinski definition) is 0. The Morgan fingerprint density at radius 3 is 2.73 bits per heavy atom. The molecule has 0 unspecified atom stereocenters. The van der Waals surface area contributed by atoms with Crippen LogP contribution in [0, 0.1) is 17.4 Å². The average molecular weight is 396 g/mol. The Bertz CT molecular complexity index is 554. The first-order chi connectivity index (χ1) is 7.02. The number of rotatable bonds is 0. The Morgan fingerprint density at radius 1 is 1.40 bits per heavy atom.